The van der Waals surface area contributed by atoms with Gasteiger partial charge in [-0.1, -0.05) is 29.8 Å². The number of aromatic nitrogens is 3. The molecule has 2 aromatic carbocycles. The van der Waals surface area contributed by atoms with Crippen LogP contribution in [0.4, 0.5) is 0 Å². The Balaban J connectivity index is 1.89. The van der Waals surface area contributed by atoms with Gasteiger partial charge in [0.15, 0.2) is 0 Å². The second kappa shape index (κ2) is 6.59. The van der Waals surface area contributed by atoms with Gasteiger partial charge in [-0.15, -0.1) is 0 Å². The lowest BCUT2D eigenvalue weighted by molar-refractivity contribution is -0.141. The van der Waals surface area contributed by atoms with Crippen molar-refractivity contribution in [2.75, 3.05) is 6.61 Å². The number of rotatable bonds is 4. The second-order valence-corrected chi connectivity index (χ2v) is 6.31. The molecule has 4 rings (SSSR count). The maximum Gasteiger partial charge on any atom is 0.302 e. The van der Waals surface area contributed by atoms with Gasteiger partial charge in [-0.3, -0.25) is 14.5 Å². The summed E-state index contributed by atoms with van der Waals surface area (Å²) in [5, 5.41) is 7.00. The highest BCUT2D eigenvalue weighted by Crippen LogP contribution is 2.32. The topological polar surface area (TPSA) is 57.0 Å². The van der Waals surface area contributed by atoms with E-state index in [0.717, 1.165) is 33.1 Å². The van der Waals surface area contributed by atoms with Crippen LogP contribution in [0, 0.1) is 6.92 Å². The number of hydrogen-bond acceptors (Lipinski definition) is 4. The molecule has 0 atom stereocenters. The Labute approximate surface area is 151 Å². The van der Waals surface area contributed by atoms with Crippen molar-refractivity contribution >= 4 is 27.8 Å². The van der Waals surface area contributed by atoms with Crippen molar-refractivity contribution in [3.8, 4) is 11.3 Å². The first-order chi connectivity index (χ1) is 12.6. The summed E-state index contributed by atoms with van der Waals surface area (Å²) in [6.07, 6.45) is 1.82. The van der Waals surface area contributed by atoms with Crippen LogP contribution in [-0.2, 0) is 16.1 Å². The van der Waals surface area contributed by atoms with Crippen molar-refractivity contribution in [2.45, 2.75) is 20.4 Å². The van der Waals surface area contributed by atoms with Gasteiger partial charge in [-0.05, 0) is 31.2 Å². The fourth-order valence-corrected chi connectivity index (χ4v) is 3.24. The van der Waals surface area contributed by atoms with Crippen LogP contribution in [0.5, 0.6) is 0 Å². The zero-order valence-electron chi connectivity index (χ0n) is 14.8. The van der Waals surface area contributed by atoms with E-state index in [4.69, 9.17) is 9.84 Å². The van der Waals surface area contributed by atoms with E-state index in [1.165, 1.54) is 12.5 Å². The first kappa shape index (κ1) is 16.3. The third-order valence-electron chi connectivity index (χ3n) is 4.42. The van der Waals surface area contributed by atoms with Gasteiger partial charge in [0.05, 0.1) is 17.6 Å². The van der Waals surface area contributed by atoms with Crippen molar-refractivity contribution in [2.24, 2.45) is 0 Å². The minimum absolute atomic E-state index is 0.280. The van der Waals surface area contributed by atoms with Gasteiger partial charge < -0.3 is 4.74 Å². The van der Waals surface area contributed by atoms with Gasteiger partial charge in [0.2, 0.25) is 0 Å². The zero-order chi connectivity index (χ0) is 18.1. The molecule has 0 spiro atoms. The van der Waals surface area contributed by atoms with Crippen LogP contribution in [0.15, 0.2) is 54.7 Å². The number of nitrogens with zero attached hydrogens (tertiary/aromatic N) is 3. The lowest BCUT2D eigenvalue weighted by Gasteiger charge is -2.04. The van der Waals surface area contributed by atoms with E-state index in [-0.39, 0.29) is 5.97 Å². The monoisotopic (exact) mass is 345 g/mol. The molecule has 2 aromatic heterocycles. The summed E-state index contributed by atoms with van der Waals surface area (Å²) in [4.78, 5) is 15.5. The van der Waals surface area contributed by atoms with Crippen LogP contribution in [0.25, 0.3) is 33.1 Å². The molecule has 130 valence electrons. The maximum atomic E-state index is 11.1. The molecular weight excluding hydrogens is 326 g/mol. The molecule has 0 aliphatic heterocycles. The normalized spacial score (nSPS) is 11.2. The minimum Gasteiger partial charge on any atom is -0.464 e. The average molecular weight is 345 g/mol. The Hall–Kier alpha value is -3.21. The highest BCUT2D eigenvalue weighted by Gasteiger charge is 2.15. The van der Waals surface area contributed by atoms with Gasteiger partial charge in [0, 0.05) is 29.5 Å². The van der Waals surface area contributed by atoms with Crippen LogP contribution >= 0.6 is 0 Å². The van der Waals surface area contributed by atoms with Crippen LogP contribution in [0.1, 0.15) is 12.5 Å². The van der Waals surface area contributed by atoms with E-state index in [9.17, 15) is 4.79 Å². The number of hydrogen-bond donors (Lipinski definition) is 0. The zero-order valence-corrected chi connectivity index (χ0v) is 14.8. The van der Waals surface area contributed by atoms with Crippen molar-refractivity contribution in [3.63, 3.8) is 0 Å². The number of benzene rings is 2. The Morgan fingerprint density at radius 2 is 1.96 bits per heavy atom. The van der Waals surface area contributed by atoms with E-state index in [1.54, 1.807) is 0 Å². The summed E-state index contributed by atoms with van der Waals surface area (Å²) in [6, 6.07) is 16.4. The molecule has 0 unspecified atom stereocenters. The molecule has 26 heavy (non-hydrogen) atoms. The molecule has 0 aliphatic carbocycles. The van der Waals surface area contributed by atoms with Gasteiger partial charge in [-0.2, -0.15) is 5.10 Å². The summed E-state index contributed by atoms with van der Waals surface area (Å²) < 4.78 is 7.00. The Morgan fingerprint density at radius 1 is 1.12 bits per heavy atom. The lowest BCUT2D eigenvalue weighted by Crippen LogP contribution is -2.09. The number of esters is 1. The van der Waals surface area contributed by atoms with E-state index in [0.29, 0.717) is 13.2 Å². The summed E-state index contributed by atoms with van der Waals surface area (Å²) in [6.45, 7) is 4.31. The standard InChI is InChI=1S/C21H19N3O2/c1-14-7-8-20-18(13-14)21(23-24(20)11-12-26-15(2)25)17-9-10-22-19-6-4-3-5-16(17)19/h3-10,13H,11-12H2,1-2H3. The number of carbonyl (C=O) groups is 1. The first-order valence-electron chi connectivity index (χ1n) is 8.58. The van der Waals surface area contributed by atoms with Crippen molar-refractivity contribution < 1.29 is 9.53 Å². The van der Waals surface area contributed by atoms with E-state index < -0.39 is 0 Å². The van der Waals surface area contributed by atoms with E-state index >= 15 is 0 Å². The fourth-order valence-electron chi connectivity index (χ4n) is 3.24. The molecule has 0 aliphatic rings. The molecule has 0 N–H and O–H groups in total. The predicted octanol–water partition coefficient (Wildman–Crippen LogP) is 4.12. The number of aryl methyl sites for hydroxylation is 1. The number of carbonyl (C=O) groups excluding carboxylic acids is 1. The molecule has 0 bridgehead atoms. The fraction of sp³-hybridized carbons (Fsp3) is 0.190. The van der Waals surface area contributed by atoms with Gasteiger partial charge in [-0.25, -0.2) is 0 Å². The van der Waals surface area contributed by atoms with E-state index in [1.807, 2.05) is 35.1 Å². The average Bonchev–Trinajstić information content (AvgIpc) is 2.98. The maximum absolute atomic E-state index is 11.1. The Kier molecular flexibility index (Phi) is 4.13. The second-order valence-electron chi connectivity index (χ2n) is 6.31. The van der Waals surface area contributed by atoms with Crippen molar-refractivity contribution in [1.82, 2.24) is 14.8 Å². The lowest BCUT2D eigenvalue weighted by atomic mass is 10.0. The quantitative estimate of drug-likeness (QED) is 0.522. The summed E-state index contributed by atoms with van der Waals surface area (Å²) >= 11 is 0. The van der Waals surface area contributed by atoms with Crippen molar-refractivity contribution in [1.29, 1.82) is 0 Å². The highest BCUT2D eigenvalue weighted by molar-refractivity contribution is 6.02. The van der Waals surface area contributed by atoms with Crippen LogP contribution in [-0.4, -0.2) is 27.3 Å². The van der Waals surface area contributed by atoms with Gasteiger partial charge in [0.1, 0.15) is 12.3 Å². The van der Waals surface area contributed by atoms with Crippen molar-refractivity contribution in [3.05, 3.63) is 60.3 Å². The van der Waals surface area contributed by atoms with Crippen LogP contribution in [0.3, 0.4) is 0 Å². The predicted molar refractivity (Wildman–Crippen MR) is 102 cm³/mol. The third kappa shape index (κ3) is 2.92. The molecule has 5 heteroatoms. The first-order valence-corrected chi connectivity index (χ1v) is 8.58. The molecule has 0 saturated heterocycles. The van der Waals surface area contributed by atoms with Gasteiger partial charge in [0.25, 0.3) is 0 Å². The molecule has 0 radical (unpaired) electrons. The van der Waals surface area contributed by atoms with Crippen LogP contribution < -0.4 is 0 Å². The summed E-state index contributed by atoms with van der Waals surface area (Å²) in [7, 11) is 0. The molecule has 0 fully saturated rings. The smallest absolute Gasteiger partial charge is 0.302 e. The summed E-state index contributed by atoms with van der Waals surface area (Å²) in [5.74, 6) is -0.280. The molecule has 4 aromatic rings. The Morgan fingerprint density at radius 3 is 2.81 bits per heavy atom. The Bertz CT molecular complexity index is 1110. The molecular formula is C21H19N3O2. The number of fused-ring (bicyclic) bond motifs is 2. The van der Waals surface area contributed by atoms with Gasteiger partial charge >= 0.3 is 5.97 Å². The minimum atomic E-state index is -0.280. The summed E-state index contributed by atoms with van der Waals surface area (Å²) in [5.41, 5.74) is 5.12. The number of para-hydroxylation sites is 1. The SMILES string of the molecule is CC(=O)OCCn1nc(-c2ccnc3ccccc23)c2cc(C)ccc21. The molecule has 2 heterocycles. The largest absolute Gasteiger partial charge is 0.464 e. The third-order valence-corrected chi connectivity index (χ3v) is 4.42. The number of ether oxygens (including phenoxy) is 1. The number of pyridine rings is 1. The van der Waals surface area contributed by atoms with E-state index in [2.05, 4.69) is 36.2 Å². The molecule has 5 nitrogen and oxygen atoms in total. The molecule has 0 amide bonds. The highest BCUT2D eigenvalue weighted by atomic mass is 16.5. The van der Waals surface area contributed by atoms with Crippen LogP contribution in [0.2, 0.25) is 0 Å². The molecule has 0 saturated carbocycles.